The number of aromatic nitrogens is 4. The third-order valence-electron chi connectivity index (χ3n) is 4.28. The number of hydrogen-bond acceptors (Lipinski definition) is 4. The van der Waals surface area contributed by atoms with Crippen molar-refractivity contribution in [1.29, 1.82) is 0 Å². The molecule has 0 amide bonds. The summed E-state index contributed by atoms with van der Waals surface area (Å²) < 4.78 is 2.85. The number of anilines is 2. The molecule has 0 atom stereocenters. The van der Waals surface area contributed by atoms with Crippen LogP contribution in [-0.2, 0) is 6.42 Å². The van der Waals surface area contributed by atoms with Crippen LogP contribution in [0, 0.1) is 6.92 Å². The first-order valence-electron chi connectivity index (χ1n) is 8.50. The van der Waals surface area contributed by atoms with Crippen LogP contribution >= 0.6 is 15.9 Å². The van der Waals surface area contributed by atoms with Crippen LogP contribution in [0.15, 0.2) is 59.1 Å². The number of aryl methyl sites for hydroxylation is 1. The Kier molecular flexibility index (Phi) is 4.42. The summed E-state index contributed by atoms with van der Waals surface area (Å²) in [6.45, 7) is 4.14. The highest BCUT2D eigenvalue weighted by atomic mass is 79.9. The number of benzene rings is 2. The van der Waals surface area contributed by atoms with Gasteiger partial charge in [-0.3, -0.25) is 0 Å². The predicted molar refractivity (Wildman–Crippen MR) is 108 cm³/mol. The molecule has 0 bridgehead atoms. The lowest BCUT2D eigenvalue weighted by Crippen LogP contribution is -2.08. The van der Waals surface area contributed by atoms with E-state index in [-0.39, 0.29) is 0 Å². The van der Waals surface area contributed by atoms with Crippen molar-refractivity contribution in [2.75, 3.05) is 5.32 Å². The van der Waals surface area contributed by atoms with Crippen LogP contribution in [0.5, 0.6) is 0 Å². The van der Waals surface area contributed by atoms with Crippen LogP contribution in [0.3, 0.4) is 0 Å². The lowest BCUT2D eigenvalue weighted by molar-refractivity contribution is 0.905. The molecule has 2 aromatic heterocycles. The van der Waals surface area contributed by atoms with E-state index >= 15 is 0 Å². The molecule has 0 fully saturated rings. The van der Waals surface area contributed by atoms with Gasteiger partial charge in [-0.1, -0.05) is 53.2 Å². The lowest BCUT2D eigenvalue weighted by Gasteiger charge is -2.14. The summed E-state index contributed by atoms with van der Waals surface area (Å²) in [5.41, 5.74) is 4.06. The molecule has 0 aliphatic carbocycles. The Balaban J connectivity index is 1.88. The van der Waals surface area contributed by atoms with E-state index in [1.54, 1.807) is 4.52 Å². The van der Waals surface area contributed by atoms with Crippen LogP contribution in [0.4, 0.5) is 11.5 Å². The van der Waals surface area contributed by atoms with Crippen molar-refractivity contribution in [3.63, 3.8) is 0 Å². The Morgan fingerprint density at radius 2 is 1.73 bits per heavy atom. The van der Waals surface area contributed by atoms with Crippen molar-refractivity contribution in [2.45, 2.75) is 20.3 Å². The van der Waals surface area contributed by atoms with Gasteiger partial charge in [0.25, 0.3) is 5.78 Å². The third-order valence-corrected chi connectivity index (χ3v) is 4.81. The Hall–Kier alpha value is -2.73. The van der Waals surface area contributed by atoms with Gasteiger partial charge >= 0.3 is 0 Å². The molecule has 1 N–H and O–H groups in total. The number of halogens is 1. The van der Waals surface area contributed by atoms with Crippen molar-refractivity contribution >= 4 is 33.2 Å². The Morgan fingerprint density at radius 3 is 2.42 bits per heavy atom. The zero-order valence-corrected chi connectivity index (χ0v) is 16.2. The van der Waals surface area contributed by atoms with Gasteiger partial charge in [0.2, 0.25) is 0 Å². The Labute approximate surface area is 160 Å². The van der Waals surface area contributed by atoms with Gasteiger partial charge in [0.05, 0.1) is 0 Å². The van der Waals surface area contributed by atoms with Gasteiger partial charge in [-0.05, 0) is 37.6 Å². The van der Waals surface area contributed by atoms with Crippen molar-refractivity contribution in [3.05, 3.63) is 70.3 Å². The van der Waals surface area contributed by atoms with Crippen molar-refractivity contribution < 1.29 is 0 Å². The standard InChI is InChI=1S/C20H18BrN5/c1-3-17-13(2)22-20-24-18(14-7-5-4-6-8-14)25-26(20)19(17)23-16-11-9-15(21)10-12-16/h4-12,23H,3H2,1-2H3. The molecule has 0 radical (unpaired) electrons. The summed E-state index contributed by atoms with van der Waals surface area (Å²) in [6.07, 6.45) is 0.855. The molecule has 0 aliphatic rings. The second kappa shape index (κ2) is 6.88. The molecule has 2 aromatic carbocycles. The van der Waals surface area contributed by atoms with E-state index in [1.165, 1.54) is 0 Å². The molecule has 0 aliphatic heterocycles. The highest BCUT2D eigenvalue weighted by Crippen LogP contribution is 2.26. The number of rotatable bonds is 4. The molecule has 5 nitrogen and oxygen atoms in total. The van der Waals surface area contributed by atoms with Gasteiger partial charge in [0.15, 0.2) is 5.82 Å². The molecule has 0 saturated carbocycles. The minimum Gasteiger partial charge on any atom is -0.340 e. The first kappa shape index (κ1) is 16.7. The minimum atomic E-state index is 0.596. The summed E-state index contributed by atoms with van der Waals surface area (Å²) in [5, 5.41) is 8.22. The number of hydrogen-bond donors (Lipinski definition) is 1. The van der Waals surface area contributed by atoms with Gasteiger partial charge in [-0.2, -0.15) is 9.50 Å². The monoisotopic (exact) mass is 407 g/mol. The number of nitrogens with zero attached hydrogens (tertiary/aromatic N) is 4. The molecule has 0 unspecified atom stereocenters. The quantitative estimate of drug-likeness (QED) is 0.506. The first-order chi connectivity index (χ1) is 12.7. The van der Waals surface area contributed by atoms with E-state index in [4.69, 9.17) is 5.10 Å². The second-order valence-electron chi connectivity index (χ2n) is 6.02. The van der Waals surface area contributed by atoms with E-state index in [0.29, 0.717) is 11.6 Å². The van der Waals surface area contributed by atoms with Crippen LogP contribution in [0.1, 0.15) is 18.2 Å². The van der Waals surface area contributed by atoms with E-state index in [0.717, 1.165) is 39.2 Å². The molecule has 4 aromatic rings. The minimum absolute atomic E-state index is 0.596. The molecule has 0 saturated heterocycles. The van der Waals surface area contributed by atoms with Crippen LogP contribution in [0.25, 0.3) is 17.2 Å². The predicted octanol–water partition coefficient (Wildman–Crippen LogP) is 5.17. The van der Waals surface area contributed by atoms with Crippen molar-refractivity contribution in [3.8, 4) is 11.4 Å². The van der Waals surface area contributed by atoms with Gasteiger partial charge in [0, 0.05) is 27.0 Å². The van der Waals surface area contributed by atoms with Gasteiger partial charge in [0.1, 0.15) is 5.82 Å². The third kappa shape index (κ3) is 3.08. The fraction of sp³-hybridized carbons (Fsp3) is 0.150. The zero-order valence-electron chi connectivity index (χ0n) is 14.6. The van der Waals surface area contributed by atoms with Gasteiger partial charge in [-0.15, -0.1) is 5.10 Å². The van der Waals surface area contributed by atoms with Crippen LogP contribution < -0.4 is 5.32 Å². The molecule has 0 spiro atoms. The van der Waals surface area contributed by atoms with Crippen molar-refractivity contribution in [2.24, 2.45) is 0 Å². The molecule has 4 rings (SSSR count). The van der Waals surface area contributed by atoms with E-state index in [2.05, 4.69) is 38.1 Å². The zero-order chi connectivity index (χ0) is 18.1. The molecular formula is C20H18BrN5. The summed E-state index contributed by atoms with van der Waals surface area (Å²) >= 11 is 3.47. The Bertz CT molecular complexity index is 1060. The number of nitrogens with one attached hydrogen (secondary N) is 1. The maximum atomic E-state index is 4.72. The summed E-state index contributed by atoms with van der Waals surface area (Å²) in [7, 11) is 0. The second-order valence-corrected chi connectivity index (χ2v) is 6.94. The smallest absolute Gasteiger partial charge is 0.254 e. The van der Waals surface area contributed by atoms with E-state index < -0.39 is 0 Å². The maximum absolute atomic E-state index is 4.72. The summed E-state index contributed by atoms with van der Waals surface area (Å²) in [5.74, 6) is 2.18. The highest BCUT2D eigenvalue weighted by Gasteiger charge is 2.16. The number of fused-ring (bicyclic) bond motifs is 1. The topological polar surface area (TPSA) is 55.1 Å². The normalized spacial score (nSPS) is 11.0. The fourth-order valence-corrected chi connectivity index (χ4v) is 3.24. The average molecular weight is 408 g/mol. The molecule has 2 heterocycles. The van der Waals surface area contributed by atoms with E-state index in [1.807, 2.05) is 61.5 Å². The largest absolute Gasteiger partial charge is 0.340 e. The van der Waals surface area contributed by atoms with E-state index in [9.17, 15) is 0 Å². The molecular weight excluding hydrogens is 390 g/mol. The highest BCUT2D eigenvalue weighted by molar-refractivity contribution is 9.10. The molecule has 6 heteroatoms. The summed E-state index contributed by atoms with van der Waals surface area (Å²) in [4.78, 5) is 9.28. The van der Waals surface area contributed by atoms with Gasteiger partial charge in [-0.25, -0.2) is 4.98 Å². The van der Waals surface area contributed by atoms with Crippen LogP contribution in [0.2, 0.25) is 0 Å². The SMILES string of the molecule is CCc1c(C)nc2nc(-c3ccccc3)nn2c1Nc1ccc(Br)cc1. The van der Waals surface area contributed by atoms with Crippen LogP contribution in [-0.4, -0.2) is 19.6 Å². The average Bonchev–Trinajstić information content (AvgIpc) is 3.08. The van der Waals surface area contributed by atoms with Crippen molar-refractivity contribution in [1.82, 2.24) is 19.6 Å². The maximum Gasteiger partial charge on any atom is 0.254 e. The van der Waals surface area contributed by atoms with Gasteiger partial charge < -0.3 is 5.32 Å². The fourth-order valence-electron chi connectivity index (χ4n) is 2.97. The Morgan fingerprint density at radius 1 is 1.00 bits per heavy atom. The molecule has 26 heavy (non-hydrogen) atoms. The summed E-state index contributed by atoms with van der Waals surface area (Å²) in [6, 6.07) is 18.0. The first-order valence-corrected chi connectivity index (χ1v) is 9.29. The molecule has 130 valence electrons. The lowest BCUT2D eigenvalue weighted by atomic mass is 10.1.